The summed E-state index contributed by atoms with van der Waals surface area (Å²) in [7, 11) is 0. The van der Waals surface area contributed by atoms with Crippen LogP contribution in [0.15, 0.2) is 0 Å². The Morgan fingerprint density at radius 2 is 2.00 bits per heavy atom. The smallest absolute Gasteiger partial charge is 0.129 e. The molecule has 1 rings (SSSR count). The summed E-state index contributed by atoms with van der Waals surface area (Å²) in [4.78, 5) is 10.2. The molecule has 0 N–H and O–H groups in total. The summed E-state index contributed by atoms with van der Waals surface area (Å²) >= 11 is 11.0. The average Bonchev–Trinajstić information content (AvgIpc) is 2.08. The predicted molar refractivity (Wildman–Crippen MR) is 32.2 cm³/mol. The summed E-state index contributed by atoms with van der Waals surface area (Å²) in [5.74, 6) is -1.17. The van der Waals surface area contributed by atoms with Crippen molar-refractivity contribution in [3.05, 3.63) is 0 Å². The van der Waals surface area contributed by atoms with E-state index in [1.54, 1.807) is 0 Å². The van der Waals surface area contributed by atoms with Crippen molar-refractivity contribution in [3.8, 4) is 0 Å². The Morgan fingerprint density at radius 3 is 2.00 bits per heavy atom. The molecule has 0 heterocycles. The monoisotopic (exact) mass is 167 g/mol. The van der Waals surface area contributed by atoms with Gasteiger partial charge in [0.2, 0.25) is 0 Å². The summed E-state index contributed by atoms with van der Waals surface area (Å²) in [6.45, 7) is 1.47. The highest BCUT2D eigenvalue weighted by molar-refractivity contribution is 6.52. The van der Waals surface area contributed by atoms with Crippen molar-refractivity contribution in [2.45, 2.75) is 17.7 Å². The highest BCUT2D eigenvalue weighted by Gasteiger charge is 2.64. The van der Waals surface area contributed by atoms with E-state index in [9.17, 15) is 9.90 Å². The molecule has 0 aromatic rings. The van der Waals surface area contributed by atoms with Crippen molar-refractivity contribution in [2.75, 3.05) is 0 Å². The van der Waals surface area contributed by atoms with Crippen molar-refractivity contribution >= 4 is 29.2 Å². The fourth-order valence-electron chi connectivity index (χ4n) is 0.621. The first kappa shape index (κ1) is 7.16. The molecule has 0 amide bonds. The lowest BCUT2D eigenvalue weighted by atomic mass is 10.1. The van der Waals surface area contributed by atoms with Gasteiger partial charge in [0.25, 0.3) is 0 Å². The fourth-order valence-corrected chi connectivity index (χ4v) is 1.31. The van der Waals surface area contributed by atoms with Crippen LogP contribution in [0.25, 0.3) is 0 Å². The minimum Gasteiger partial charge on any atom is -0.549 e. The summed E-state index contributed by atoms with van der Waals surface area (Å²) < 4.78 is -1.09. The number of carbonyl (C=O) groups excluding carboxylic acids is 1. The quantitative estimate of drug-likeness (QED) is 0.529. The fraction of sp³-hybridized carbons (Fsp3) is 0.800. The molecule has 52 valence electrons. The van der Waals surface area contributed by atoms with E-state index in [0.29, 0.717) is 0 Å². The molecule has 0 saturated heterocycles. The topological polar surface area (TPSA) is 40.1 Å². The lowest BCUT2D eigenvalue weighted by Gasteiger charge is -2.11. The van der Waals surface area contributed by atoms with E-state index < -0.39 is 15.7 Å². The minimum absolute atomic E-state index is 0.283. The third kappa shape index (κ3) is 0.812. The van der Waals surface area contributed by atoms with Gasteiger partial charge in [0.1, 0.15) is 4.33 Å². The summed E-state index contributed by atoms with van der Waals surface area (Å²) in [5.41, 5.74) is -1.02. The van der Waals surface area contributed by atoms with Gasteiger partial charge in [0.15, 0.2) is 0 Å². The second-order valence-corrected chi connectivity index (χ2v) is 3.98. The molecule has 0 radical (unpaired) electrons. The second-order valence-electron chi connectivity index (χ2n) is 2.50. The molecule has 0 bridgehead atoms. The second kappa shape index (κ2) is 1.55. The molecule has 0 aromatic carbocycles. The molecule has 2 nitrogen and oxygen atoms in total. The first-order valence-corrected chi connectivity index (χ1v) is 3.25. The highest BCUT2D eigenvalue weighted by Crippen LogP contribution is 2.63. The van der Waals surface area contributed by atoms with E-state index in [1.807, 2.05) is 0 Å². The zero-order chi connectivity index (χ0) is 7.28. The lowest BCUT2D eigenvalue weighted by molar-refractivity contribution is -0.313. The Morgan fingerprint density at radius 1 is 1.67 bits per heavy atom. The van der Waals surface area contributed by atoms with E-state index in [0.717, 1.165) is 0 Å². The van der Waals surface area contributed by atoms with Gasteiger partial charge in [-0.1, -0.05) is 6.92 Å². The highest BCUT2D eigenvalue weighted by atomic mass is 35.5. The summed E-state index contributed by atoms with van der Waals surface area (Å²) in [6, 6.07) is 0. The molecule has 1 fully saturated rings. The first-order valence-electron chi connectivity index (χ1n) is 2.49. The summed E-state index contributed by atoms with van der Waals surface area (Å²) in [5, 5.41) is 10.2. The molecule has 1 unspecified atom stereocenters. The van der Waals surface area contributed by atoms with Gasteiger partial charge in [-0.2, -0.15) is 0 Å². The van der Waals surface area contributed by atoms with Crippen LogP contribution in [-0.2, 0) is 4.79 Å². The normalized spacial score (nSPS) is 38.1. The van der Waals surface area contributed by atoms with E-state index in [2.05, 4.69) is 0 Å². The van der Waals surface area contributed by atoms with Crippen molar-refractivity contribution in [1.29, 1.82) is 0 Å². The molecule has 0 spiro atoms. The van der Waals surface area contributed by atoms with Crippen LogP contribution < -0.4 is 5.11 Å². The van der Waals surface area contributed by atoms with Crippen LogP contribution in [0.2, 0.25) is 0 Å². The maximum atomic E-state index is 10.2. The van der Waals surface area contributed by atoms with Gasteiger partial charge in [0.05, 0.1) is 5.97 Å². The van der Waals surface area contributed by atoms with Crippen LogP contribution in [-0.4, -0.2) is 10.3 Å². The van der Waals surface area contributed by atoms with Gasteiger partial charge in [-0.05, 0) is 6.42 Å². The van der Waals surface area contributed by atoms with Crippen LogP contribution in [0, 0.1) is 5.41 Å². The van der Waals surface area contributed by atoms with Crippen LogP contribution >= 0.6 is 23.2 Å². The Labute approximate surface area is 62.8 Å². The number of carboxylic acid groups (broad SMARTS) is 1. The van der Waals surface area contributed by atoms with Crippen molar-refractivity contribution < 1.29 is 9.90 Å². The van der Waals surface area contributed by atoms with E-state index in [-0.39, 0.29) is 6.42 Å². The Balaban J connectivity index is 2.74. The molecule has 4 heteroatoms. The van der Waals surface area contributed by atoms with Gasteiger partial charge in [0, 0.05) is 5.41 Å². The Bertz CT molecular complexity index is 166. The van der Waals surface area contributed by atoms with E-state index in [4.69, 9.17) is 23.2 Å². The number of alkyl halides is 2. The van der Waals surface area contributed by atoms with E-state index in [1.165, 1.54) is 6.92 Å². The predicted octanol–water partition coefficient (Wildman–Crippen LogP) is 0.320. The number of carbonyl (C=O) groups is 1. The van der Waals surface area contributed by atoms with Gasteiger partial charge in [-0.25, -0.2) is 0 Å². The van der Waals surface area contributed by atoms with Crippen molar-refractivity contribution in [1.82, 2.24) is 0 Å². The molecule has 1 atom stereocenters. The maximum absolute atomic E-state index is 10.2. The van der Waals surface area contributed by atoms with Gasteiger partial charge in [-0.3, -0.25) is 0 Å². The maximum Gasteiger partial charge on any atom is 0.129 e. The number of hydrogen-bond donors (Lipinski definition) is 0. The van der Waals surface area contributed by atoms with Crippen molar-refractivity contribution in [2.24, 2.45) is 5.41 Å². The van der Waals surface area contributed by atoms with Crippen LogP contribution in [0.5, 0.6) is 0 Å². The average molecular weight is 168 g/mol. The molecule has 1 aliphatic rings. The van der Waals surface area contributed by atoms with Gasteiger partial charge >= 0.3 is 0 Å². The molecule has 0 aromatic heterocycles. The van der Waals surface area contributed by atoms with Crippen LogP contribution in [0.3, 0.4) is 0 Å². The van der Waals surface area contributed by atoms with Gasteiger partial charge < -0.3 is 9.90 Å². The first-order chi connectivity index (χ1) is 3.90. The number of halogens is 2. The zero-order valence-corrected chi connectivity index (χ0v) is 6.29. The zero-order valence-electron chi connectivity index (χ0n) is 4.78. The van der Waals surface area contributed by atoms with Gasteiger partial charge in [-0.15, -0.1) is 23.2 Å². The standard InChI is InChI=1S/C5H6Cl2O2/c1-4(3(8)9)2-5(4,6)7/h2H2,1H3,(H,8,9)/p-1. The SMILES string of the molecule is CC1(C(=O)[O-])CC1(Cl)Cl. The molecular weight excluding hydrogens is 163 g/mol. The molecule has 1 aliphatic carbocycles. The third-order valence-corrected chi connectivity index (χ3v) is 2.81. The molecule has 0 aliphatic heterocycles. The minimum atomic E-state index is -1.17. The number of rotatable bonds is 1. The van der Waals surface area contributed by atoms with Crippen LogP contribution in [0.1, 0.15) is 13.3 Å². The number of aliphatic carboxylic acids is 1. The van der Waals surface area contributed by atoms with Crippen LogP contribution in [0.4, 0.5) is 0 Å². The number of carboxylic acids is 1. The largest absolute Gasteiger partial charge is 0.549 e. The third-order valence-electron chi connectivity index (χ3n) is 1.71. The Kier molecular flexibility index (Phi) is 1.24. The molecular formula is C5H5Cl2O2-. The molecule has 1 saturated carbocycles. The van der Waals surface area contributed by atoms with Crippen molar-refractivity contribution in [3.63, 3.8) is 0 Å². The van der Waals surface area contributed by atoms with E-state index >= 15 is 0 Å². The summed E-state index contributed by atoms with van der Waals surface area (Å²) in [6.07, 6.45) is 0.283. The lowest BCUT2D eigenvalue weighted by Crippen LogP contribution is -2.33. The molecule has 9 heavy (non-hydrogen) atoms. The Hall–Kier alpha value is 0.0500. The number of hydrogen-bond acceptors (Lipinski definition) is 2.